The smallest absolute Gasteiger partial charge is 0.352 e. The zero-order valence-electron chi connectivity index (χ0n) is 13.8. The monoisotopic (exact) mass is 409 g/mol. The minimum atomic E-state index is -1.18. The van der Waals surface area contributed by atoms with Crippen LogP contribution in [0.3, 0.4) is 0 Å². The van der Waals surface area contributed by atoms with Gasteiger partial charge in [-0.15, -0.1) is 23.1 Å². The molecule has 1 unspecified atom stereocenters. The molecule has 0 saturated carbocycles. The van der Waals surface area contributed by atoms with E-state index < -0.39 is 29.2 Å². The Kier molecular flexibility index (Phi) is 5.46. The summed E-state index contributed by atoms with van der Waals surface area (Å²) in [6.07, 6.45) is 2.92. The van der Waals surface area contributed by atoms with Crippen LogP contribution in [-0.2, 0) is 19.2 Å². The minimum absolute atomic E-state index is 0.0790. The average molecular weight is 409 g/mol. The van der Waals surface area contributed by atoms with Crippen molar-refractivity contribution in [1.82, 2.24) is 15.2 Å². The first-order valence-electron chi connectivity index (χ1n) is 7.65. The van der Waals surface area contributed by atoms with E-state index in [0.717, 1.165) is 16.2 Å². The van der Waals surface area contributed by atoms with E-state index in [9.17, 15) is 19.5 Å². The van der Waals surface area contributed by atoms with Crippen molar-refractivity contribution in [2.75, 3.05) is 18.1 Å². The molecule has 27 heavy (non-hydrogen) atoms. The summed E-state index contributed by atoms with van der Waals surface area (Å²) in [7, 11) is 0. The van der Waals surface area contributed by atoms with Gasteiger partial charge in [-0.05, 0) is 6.08 Å². The number of hydrogen-bond donors (Lipinski definition) is 3. The molecule has 1 fully saturated rings. The van der Waals surface area contributed by atoms with Gasteiger partial charge in [-0.25, -0.2) is 9.78 Å². The Morgan fingerprint density at radius 3 is 3.00 bits per heavy atom. The Morgan fingerprint density at radius 1 is 1.59 bits per heavy atom. The van der Waals surface area contributed by atoms with Gasteiger partial charge in [0.1, 0.15) is 29.4 Å². The number of fused-ring (bicyclic) bond motifs is 1. The molecular formula is C15H15N5O5S2. The molecule has 10 nitrogen and oxygen atoms in total. The number of nitrogen functional groups attached to an aromatic ring is 1. The van der Waals surface area contributed by atoms with Gasteiger partial charge in [0, 0.05) is 11.1 Å². The van der Waals surface area contributed by atoms with Gasteiger partial charge in [0.15, 0.2) is 10.8 Å². The SMILES string of the molecule is C=CCON=C(C(=O)NC1C(=O)N2C(C(=O)O)=CCS[C@@H]12)c1csc(N)n1. The second-order valence-corrected chi connectivity index (χ2v) is 7.41. The van der Waals surface area contributed by atoms with Crippen LogP contribution in [0.5, 0.6) is 0 Å². The molecule has 1 aromatic heterocycles. The first-order chi connectivity index (χ1) is 12.9. The van der Waals surface area contributed by atoms with Crippen molar-refractivity contribution in [2.45, 2.75) is 11.4 Å². The number of thiazole rings is 1. The molecule has 0 aromatic carbocycles. The van der Waals surface area contributed by atoms with Gasteiger partial charge in [-0.1, -0.05) is 17.8 Å². The van der Waals surface area contributed by atoms with Gasteiger partial charge < -0.3 is 21.0 Å². The van der Waals surface area contributed by atoms with Crippen LogP contribution >= 0.6 is 23.1 Å². The van der Waals surface area contributed by atoms with E-state index in [1.807, 2.05) is 0 Å². The van der Waals surface area contributed by atoms with Crippen LogP contribution in [-0.4, -0.2) is 62.3 Å². The molecule has 2 atom stereocenters. The van der Waals surface area contributed by atoms with Crippen LogP contribution < -0.4 is 11.1 Å². The summed E-state index contributed by atoms with van der Waals surface area (Å²) in [5.74, 6) is -1.93. The molecule has 3 heterocycles. The molecule has 0 bridgehead atoms. The van der Waals surface area contributed by atoms with Gasteiger partial charge >= 0.3 is 5.97 Å². The van der Waals surface area contributed by atoms with E-state index in [4.69, 9.17) is 10.6 Å². The van der Waals surface area contributed by atoms with Crippen molar-refractivity contribution in [3.63, 3.8) is 0 Å². The Balaban J connectivity index is 1.76. The molecule has 3 rings (SSSR count). The fraction of sp³-hybridized carbons (Fsp3) is 0.267. The fourth-order valence-electron chi connectivity index (χ4n) is 2.50. The normalized spacial score (nSPS) is 21.6. The number of thioether (sulfide) groups is 1. The largest absolute Gasteiger partial charge is 0.477 e. The predicted octanol–water partition coefficient (Wildman–Crippen LogP) is 0.000400. The molecule has 142 valence electrons. The van der Waals surface area contributed by atoms with Gasteiger partial charge in [0.2, 0.25) is 0 Å². The van der Waals surface area contributed by atoms with Crippen molar-refractivity contribution in [3.8, 4) is 0 Å². The van der Waals surface area contributed by atoms with Crippen molar-refractivity contribution >= 4 is 51.7 Å². The van der Waals surface area contributed by atoms with Gasteiger partial charge in [-0.3, -0.25) is 14.5 Å². The highest BCUT2D eigenvalue weighted by Gasteiger charge is 2.53. The van der Waals surface area contributed by atoms with Crippen LogP contribution in [0.15, 0.2) is 35.0 Å². The Bertz CT molecular complexity index is 865. The number of carboxylic acids is 1. The number of nitrogens with zero attached hydrogens (tertiary/aromatic N) is 3. The van der Waals surface area contributed by atoms with Crippen LogP contribution in [0.1, 0.15) is 5.69 Å². The summed E-state index contributed by atoms with van der Waals surface area (Å²) in [6, 6.07) is -0.869. The average Bonchev–Trinajstić information content (AvgIpc) is 3.08. The number of carbonyl (C=O) groups is 3. The molecule has 4 N–H and O–H groups in total. The predicted molar refractivity (Wildman–Crippen MR) is 100.0 cm³/mol. The van der Waals surface area contributed by atoms with Crippen molar-refractivity contribution in [3.05, 3.63) is 35.5 Å². The van der Waals surface area contributed by atoms with Gasteiger partial charge in [0.25, 0.3) is 11.8 Å². The minimum Gasteiger partial charge on any atom is -0.477 e. The number of hydrogen-bond acceptors (Lipinski definition) is 9. The zero-order valence-corrected chi connectivity index (χ0v) is 15.5. The number of nitrogens with two attached hydrogens (primary N) is 1. The molecule has 1 saturated heterocycles. The highest BCUT2D eigenvalue weighted by atomic mass is 32.2. The van der Waals surface area contributed by atoms with E-state index in [2.05, 4.69) is 22.0 Å². The summed E-state index contributed by atoms with van der Waals surface area (Å²) in [5, 5.41) is 16.8. The third kappa shape index (κ3) is 3.66. The molecule has 0 radical (unpaired) electrons. The van der Waals surface area contributed by atoms with E-state index in [0.29, 0.717) is 5.75 Å². The number of carbonyl (C=O) groups excluding carboxylic acids is 2. The second-order valence-electron chi connectivity index (χ2n) is 5.37. The summed E-state index contributed by atoms with van der Waals surface area (Å²) in [4.78, 5) is 46.4. The second kappa shape index (κ2) is 7.80. The zero-order chi connectivity index (χ0) is 19.6. The maximum Gasteiger partial charge on any atom is 0.352 e. The lowest BCUT2D eigenvalue weighted by Gasteiger charge is -2.48. The molecule has 2 aliphatic rings. The highest BCUT2D eigenvalue weighted by molar-refractivity contribution is 8.00. The van der Waals surface area contributed by atoms with E-state index in [-0.39, 0.29) is 28.8 Å². The molecule has 2 amide bonds. The van der Waals surface area contributed by atoms with Crippen LogP contribution in [0.4, 0.5) is 5.13 Å². The number of rotatable bonds is 7. The Morgan fingerprint density at radius 2 is 2.37 bits per heavy atom. The summed E-state index contributed by atoms with van der Waals surface area (Å²) in [5.41, 5.74) is 5.60. The maximum absolute atomic E-state index is 12.7. The topological polar surface area (TPSA) is 147 Å². The van der Waals surface area contributed by atoms with E-state index in [1.54, 1.807) is 5.38 Å². The number of nitrogens with one attached hydrogen (secondary N) is 1. The fourth-order valence-corrected chi connectivity index (χ4v) is 4.25. The Labute approximate surface area is 161 Å². The van der Waals surface area contributed by atoms with Crippen LogP contribution in [0.25, 0.3) is 0 Å². The van der Waals surface area contributed by atoms with Crippen molar-refractivity contribution in [1.29, 1.82) is 0 Å². The van der Waals surface area contributed by atoms with Crippen LogP contribution in [0.2, 0.25) is 0 Å². The number of oxime groups is 1. The molecule has 0 spiro atoms. The Hall–Kier alpha value is -2.86. The summed E-state index contributed by atoms with van der Waals surface area (Å²) < 4.78 is 0. The third-order valence-electron chi connectivity index (χ3n) is 3.68. The van der Waals surface area contributed by atoms with Crippen molar-refractivity contribution in [2.24, 2.45) is 5.16 Å². The number of carboxylic acid groups (broad SMARTS) is 1. The molecule has 1 aromatic rings. The number of β-lactam (4-membered cyclic amide) rings is 1. The molecule has 2 aliphatic heterocycles. The van der Waals surface area contributed by atoms with Crippen LogP contribution in [0, 0.1) is 0 Å². The van der Waals surface area contributed by atoms with Gasteiger partial charge in [-0.2, -0.15) is 0 Å². The van der Waals surface area contributed by atoms with E-state index >= 15 is 0 Å². The van der Waals surface area contributed by atoms with E-state index in [1.165, 1.54) is 23.9 Å². The molecule has 12 heteroatoms. The molecular weight excluding hydrogens is 394 g/mol. The van der Waals surface area contributed by atoms with Gasteiger partial charge in [0.05, 0.1) is 0 Å². The highest BCUT2D eigenvalue weighted by Crippen LogP contribution is 2.37. The maximum atomic E-state index is 12.7. The first kappa shape index (κ1) is 18.9. The number of anilines is 1. The van der Waals surface area contributed by atoms with Crippen molar-refractivity contribution < 1.29 is 24.3 Å². The lowest BCUT2D eigenvalue weighted by atomic mass is 10.0. The quantitative estimate of drug-likeness (QED) is 0.187. The molecule has 0 aliphatic carbocycles. The summed E-state index contributed by atoms with van der Waals surface area (Å²) in [6.45, 7) is 3.57. The number of aliphatic carboxylic acids is 1. The number of amides is 2. The first-order valence-corrected chi connectivity index (χ1v) is 9.58. The lowest BCUT2D eigenvalue weighted by Crippen LogP contribution is -2.70. The standard InChI is InChI=1S/C15H15N5O5S2/c1-2-4-25-19-9(7-6-27-15(16)17-7)11(21)18-10-12(22)20-8(14(23)24)3-5-26-13(10)20/h2-3,6,10,13H,1,4-5H2,(H2,16,17)(H,18,21)(H,23,24)/t10?,13-/m0/s1. The number of aromatic nitrogens is 1. The third-order valence-corrected chi connectivity index (χ3v) is 5.54. The lowest BCUT2D eigenvalue weighted by molar-refractivity contribution is -0.150. The summed E-state index contributed by atoms with van der Waals surface area (Å²) >= 11 is 2.48.